The Bertz CT molecular complexity index is 1520. The maximum Gasteiger partial charge on any atom is 0.352 e. The second kappa shape index (κ2) is 9.08. The van der Waals surface area contributed by atoms with E-state index in [-0.39, 0.29) is 24.7 Å². The van der Waals surface area contributed by atoms with Gasteiger partial charge in [-0.05, 0) is 56.7 Å². The number of carbonyl (C=O) groups excluding carboxylic acids is 1. The summed E-state index contributed by atoms with van der Waals surface area (Å²) in [5, 5.41) is 3.37. The average molecular weight is 524 g/mol. The van der Waals surface area contributed by atoms with Gasteiger partial charge in [-0.3, -0.25) is 4.79 Å². The topological polar surface area (TPSA) is 90.5 Å². The van der Waals surface area contributed by atoms with Gasteiger partial charge in [-0.25, -0.2) is 23.5 Å². The highest BCUT2D eigenvalue weighted by molar-refractivity contribution is 5.94. The van der Waals surface area contributed by atoms with Gasteiger partial charge in [0.25, 0.3) is 0 Å². The Morgan fingerprint density at radius 2 is 1.68 bits per heavy atom. The number of rotatable bonds is 3. The highest BCUT2D eigenvalue weighted by atomic mass is 35.5. The zero-order valence-corrected chi connectivity index (χ0v) is 21.9. The van der Waals surface area contributed by atoms with Gasteiger partial charge in [-0.1, -0.05) is 12.1 Å². The summed E-state index contributed by atoms with van der Waals surface area (Å²) in [5.74, 6) is 0.654. The van der Waals surface area contributed by atoms with Crippen molar-refractivity contribution in [2.24, 2.45) is 0 Å². The third kappa shape index (κ3) is 3.93. The number of Topliss-reactive ketones (excluding diaryl/α,β-unsaturated/α-hetero) is 1. The second-order valence-electron chi connectivity index (χ2n) is 10.1. The number of aromatic nitrogens is 3. The van der Waals surface area contributed by atoms with Crippen molar-refractivity contribution < 1.29 is 9.53 Å². The number of ketones is 1. The molecule has 6 rings (SSSR count). The molecule has 1 aromatic heterocycles. The van der Waals surface area contributed by atoms with Crippen LogP contribution in [0.25, 0.3) is 5.69 Å². The first-order valence-electron chi connectivity index (χ1n) is 12.3. The fourth-order valence-electron chi connectivity index (χ4n) is 5.57. The molecule has 1 atom stereocenters. The molecule has 37 heavy (non-hydrogen) atoms. The molecule has 194 valence electrons. The van der Waals surface area contributed by atoms with Crippen molar-refractivity contribution in [1.82, 2.24) is 19.2 Å². The Balaban J connectivity index is 0.00000280. The van der Waals surface area contributed by atoms with Crippen LogP contribution >= 0.6 is 12.4 Å². The van der Waals surface area contributed by atoms with Gasteiger partial charge in [0.1, 0.15) is 17.4 Å². The van der Waals surface area contributed by atoms with E-state index in [1.807, 2.05) is 26.0 Å². The summed E-state index contributed by atoms with van der Waals surface area (Å²) < 4.78 is 10.7. The van der Waals surface area contributed by atoms with Crippen LogP contribution in [0, 0.1) is 0 Å². The molecular weight excluding hydrogens is 494 g/mol. The maximum absolute atomic E-state index is 13.8. The quantitative estimate of drug-likeness (QED) is 0.419. The number of ether oxygens (including phenoxy) is 1. The molecule has 0 amide bonds. The minimum atomic E-state index is -0.647. The summed E-state index contributed by atoms with van der Waals surface area (Å²) in [5.41, 5.74) is 2.39. The molecule has 0 aliphatic carbocycles. The Labute approximate surface area is 220 Å². The number of halogens is 1. The highest BCUT2D eigenvalue weighted by Gasteiger charge is 2.44. The van der Waals surface area contributed by atoms with E-state index in [0.29, 0.717) is 11.3 Å². The lowest BCUT2D eigenvalue weighted by atomic mass is 9.83. The van der Waals surface area contributed by atoms with Gasteiger partial charge in [-0.2, -0.15) is 0 Å². The van der Waals surface area contributed by atoms with Crippen molar-refractivity contribution in [1.29, 1.82) is 0 Å². The third-order valence-corrected chi connectivity index (χ3v) is 7.45. The van der Waals surface area contributed by atoms with Crippen LogP contribution in [0.5, 0.6) is 5.75 Å². The monoisotopic (exact) mass is 523 g/mol. The lowest BCUT2D eigenvalue weighted by Crippen LogP contribution is -2.46. The summed E-state index contributed by atoms with van der Waals surface area (Å²) in [4.78, 5) is 41.2. The van der Waals surface area contributed by atoms with Crippen molar-refractivity contribution in [3.63, 3.8) is 0 Å². The molecule has 3 aliphatic rings. The molecule has 10 heteroatoms. The number of piperazine rings is 1. The molecule has 2 aromatic carbocycles. The maximum atomic E-state index is 13.8. The van der Waals surface area contributed by atoms with Crippen LogP contribution in [-0.2, 0) is 6.54 Å². The number of nitrogens with one attached hydrogen (secondary N) is 1. The number of hydrogen-bond acceptors (Lipinski definition) is 6. The first-order valence-corrected chi connectivity index (χ1v) is 12.3. The van der Waals surface area contributed by atoms with Crippen LogP contribution in [0.4, 0.5) is 5.69 Å². The number of benzene rings is 2. The standard InChI is InChI=1S/C27H29N5O4.ClH/c1-17(33)18-4-6-19(7-5-18)31-25(34)30-13-10-22-24(32(30)26(31)35)21-9-8-20(29-14-11-28-12-15-29)16-23(21)36-27(22,2)3;/h4-10,16,24,28H,11-15H2,1-3H3;1H. The molecule has 9 nitrogen and oxygen atoms in total. The van der Waals surface area contributed by atoms with E-state index in [0.717, 1.165) is 48.8 Å². The first-order chi connectivity index (χ1) is 17.3. The van der Waals surface area contributed by atoms with Gasteiger partial charge < -0.3 is 15.0 Å². The molecule has 1 unspecified atom stereocenters. The smallest absolute Gasteiger partial charge is 0.352 e. The lowest BCUT2D eigenvalue weighted by molar-refractivity contribution is 0.101. The van der Waals surface area contributed by atoms with E-state index >= 15 is 0 Å². The molecule has 0 spiro atoms. The Morgan fingerprint density at radius 3 is 2.35 bits per heavy atom. The van der Waals surface area contributed by atoms with Crippen molar-refractivity contribution in [3.8, 4) is 11.4 Å². The third-order valence-electron chi connectivity index (χ3n) is 7.45. The first kappa shape index (κ1) is 25.1. The normalized spacial score (nSPS) is 19.5. The van der Waals surface area contributed by atoms with Crippen LogP contribution in [0.1, 0.15) is 42.7 Å². The second-order valence-corrected chi connectivity index (χ2v) is 10.1. The van der Waals surface area contributed by atoms with Crippen molar-refractivity contribution in [3.05, 3.63) is 86.2 Å². The lowest BCUT2D eigenvalue weighted by Gasteiger charge is -2.43. The Morgan fingerprint density at radius 1 is 1.00 bits per heavy atom. The zero-order chi connectivity index (χ0) is 25.2. The van der Waals surface area contributed by atoms with Crippen LogP contribution in [-0.4, -0.2) is 51.5 Å². The molecule has 1 fully saturated rings. The van der Waals surface area contributed by atoms with Crippen LogP contribution in [0.15, 0.2) is 63.7 Å². The van der Waals surface area contributed by atoms with Crippen LogP contribution in [0.3, 0.4) is 0 Å². The summed E-state index contributed by atoms with van der Waals surface area (Å²) in [6.07, 6.45) is 2.00. The summed E-state index contributed by atoms with van der Waals surface area (Å²) >= 11 is 0. The van der Waals surface area contributed by atoms with E-state index in [1.165, 1.54) is 16.2 Å². The Kier molecular flexibility index (Phi) is 6.16. The van der Waals surface area contributed by atoms with Crippen molar-refractivity contribution in [2.75, 3.05) is 31.1 Å². The predicted molar refractivity (Wildman–Crippen MR) is 144 cm³/mol. The largest absolute Gasteiger partial charge is 0.483 e. The minimum absolute atomic E-state index is 0. The molecule has 0 bridgehead atoms. The number of nitrogens with zero attached hydrogens (tertiary/aromatic N) is 4. The fraction of sp³-hybridized carbons (Fsp3) is 0.370. The molecular formula is C27H30ClN5O4. The predicted octanol–water partition coefficient (Wildman–Crippen LogP) is 2.54. The summed E-state index contributed by atoms with van der Waals surface area (Å²) in [7, 11) is 0. The van der Waals surface area contributed by atoms with Crippen LogP contribution < -0.4 is 26.3 Å². The van der Waals surface area contributed by atoms with E-state index in [4.69, 9.17) is 4.74 Å². The minimum Gasteiger partial charge on any atom is -0.483 e. The Hall–Kier alpha value is -3.56. The van der Waals surface area contributed by atoms with Gasteiger partial charge in [0.15, 0.2) is 5.78 Å². The molecule has 1 N–H and O–H groups in total. The van der Waals surface area contributed by atoms with Gasteiger partial charge in [0.05, 0.1) is 12.2 Å². The van der Waals surface area contributed by atoms with Crippen molar-refractivity contribution >= 4 is 23.9 Å². The summed E-state index contributed by atoms with van der Waals surface area (Å²) in [6.45, 7) is 9.47. The van der Waals surface area contributed by atoms with Gasteiger partial charge in [0, 0.05) is 49.1 Å². The summed E-state index contributed by atoms with van der Waals surface area (Å²) in [6, 6.07) is 12.3. The number of carbonyl (C=O) groups is 1. The van der Waals surface area contributed by atoms with Crippen LogP contribution in [0.2, 0.25) is 0 Å². The van der Waals surface area contributed by atoms with E-state index in [9.17, 15) is 14.4 Å². The van der Waals surface area contributed by atoms with Crippen molar-refractivity contribution in [2.45, 2.75) is 39.0 Å². The molecule has 3 aromatic rings. The van der Waals surface area contributed by atoms with E-state index < -0.39 is 23.0 Å². The number of hydrogen-bond donors (Lipinski definition) is 1. The number of allylic oxidation sites excluding steroid dienone is 1. The molecule has 3 aliphatic heterocycles. The highest BCUT2D eigenvalue weighted by Crippen LogP contribution is 2.47. The van der Waals surface area contributed by atoms with Gasteiger partial charge in [-0.15, -0.1) is 12.4 Å². The number of anilines is 1. The molecule has 0 saturated carbocycles. The SMILES string of the molecule is CC(=O)c1ccc(-n2c(=O)n3n(c2=O)C2C(=CC3)C(C)(C)Oc3cc(N4CCNCC4)ccc32)cc1.Cl. The molecule has 0 radical (unpaired) electrons. The van der Waals surface area contributed by atoms with E-state index in [1.54, 1.807) is 28.9 Å². The fourth-order valence-corrected chi connectivity index (χ4v) is 5.57. The molecule has 1 saturated heterocycles. The number of fused-ring (bicyclic) bond motifs is 5. The molecule has 4 heterocycles. The van der Waals surface area contributed by atoms with Gasteiger partial charge in [0.2, 0.25) is 0 Å². The zero-order valence-electron chi connectivity index (χ0n) is 21.1. The van der Waals surface area contributed by atoms with Gasteiger partial charge >= 0.3 is 11.4 Å². The van der Waals surface area contributed by atoms with E-state index in [2.05, 4.69) is 22.3 Å². The average Bonchev–Trinajstić information content (AvgIpc) is 3.13.